The van der Waals surface area contributed by atoms with E-state index in [2.05, 4.69) is 10.6 Å². The minimum Gasteiger partial charge on any atom is -0.359 e. The van der Waals surface area contributed by atoms with Gasteiger partial charge in [-0.2, -0.15) is 11.3 Å². The van der Waals surface area contributed by atoms with Crippen LogP contribution in [0.2, 0.25) is 0 Å². The topological polar surface area (TPSA) is 58.2 Å². The van der Waals surface area contributed by atoms with Crippen LogP contribution in [0.3, 0.4) is 0 Å². The fourth-order valence-corrected chi connectivity index (χ4v) is 2.33. The zero-order chi connectivity index (χ0) is 15.1. The van der Waals surface area contributed by atoms with Gasteiger partial charge in [0.05, 0.1) is 6.42 Å². The van der Waals surface area contributed by atoms with Crippen LogP contribution in [0.15, 0.2) is 47.2 Å². The highest BCUT2D eigenvalue weighted by Crippen LogP contribution is 2.11. The molecule has 2 N–H and O–H groups in total. The van der Waals surface area contributed by atoms with Gasteiger partial charge in [-0.1, -0.05) is 12.1 Å². The van der Waals surface area contributed by atoms with Gasteiger partial charge in [-0.15, -0.1) is 0 Å². The van der Waals surface area contributed by atoms with E-state index in [4.69, 9.17) is 0 Å². The van der Waals surface area contributed by atoms with Crippen LogP contribution in [-0.4, -0.2) is 18.9 Å². The molecule has 1 heterocycles. The van der Waals surface area contributed by atoms with Crippen LogP contribution >= 0.6 is 11.3 Å². The predicted octanol–water partition coefficient (Wildman–Crippen LogP) is 2.69. The minimum atomic E-state index is -0.180. The molecule has 0 saturated heterocycles. The summed E-state index contributed by atoms with van der Waals surface area (Å²) in [5.41, 5.74) is 2.62. The Morgan fingerprint density at radius 2 is 1.95 bits per heavy atom. The first-order chi connectivity index (χ1) is 10.2. The molecule has 0 aliphatic heterocycles. The van der Waals surface area contributed by atoms with Crippen molar-refractivity contribution in [2.75, 3.05) is 12.4 Å². The Morgan fingerprint density at radius 1 is 1.19 bits per heavy atom. The number of nitrogens with one attached hydrogen (secondary N) is 2. The number of hydrogen-bond donors (Lipinski definition) is 2. The zero-order valence-electron chi connectivity index (χ0n) is 11.6. The Bertz CT molecular complexity index is 631. The molecule has 21 heavy (non-hydrogen) atoms. The first-order valence-electron chi connectivity index (χ1n) is 6.48. The van der Waals surface area contributed by atoms with Crippen molar-refractivity contribution >= 4 is 34.9 Å². The lowest BCUT2D eigenvalue weighted by molar-refractivity contribution is -0.120. The second-order valence-electron chi connectivity index (χ2n) is 4.43. The van der Waals surface area contributed by atoms with Gasteiger partial charge >= 0.3 is 0 Å². The summed E-state index contributed by atoms with van der Waals surface area (Å²) in [6.45, 7) is 0. The van der Waals surface area contributed by atoms with Crippen LogP contribution in [0.5, 0.6) is 0 Å². The molecule has 0 atom stereocenters. The highest BCUT2D eigenvalue weighted by molar-refractivity contribution is 7.08. The summed E-state index contributed by atoms with van der Waals surface area (Å²) in [4.78, 5) is 23.0. The predicted molar refractivity (Wildman–Crippen MR) is 86.2 cm³/mol. The van der Waals surface area contributed by atoms with Crippen molar-refractivity contribution in [3.05, 3.63) is 58.3 Å². The number of benzene rings is 1. The van der Waals surface area contributed by atoms with Crippen molar-refractivity contribution in [3.63, 3.8) is 0 Å². The molecule has 2 rings (SSSR count). The third-order valence-corrected chi connectivity index (χ3v) is 3.54. The van der Waals surface area contributed by atoms with Gasteiger partial charge in [0.1, 0.15) is 0 Å². The maximum absolute atomic E-state index is 11.8. The lowest BCUT2D eigenvalue weighted by Crippen LogP contribution is -2.19. The summed E-state index contributed by atoms with van der Waals surface area (Å²) in [5, 5.41) is 9.28. The lowest BCUT2D eigenvalue weighted by atomic mass is 10.1. The molecule has 0 bridgehead atoms. The second-order valence-corrected chi connectivity index (χ2v) is 5.21. The second kappa shape index (κ2) is 7.40. The molecular formula is C16H16N2O2S. The highest BCUT2D eigenvalue weighted by Gasteiger charge is 2.02. The van der Waals surface area contributed by atoms with Crippen LogP contribution < -0.4 is 10.6 Å². The number of thiophene rings is 1. The zero-order valence-corrected chi connectivity index (χ0v) is 12.4. The van der Waals surface area contributed by atoms with E-state index in [9.17, 15) is 9.59 Å². The van der Waals surface area contributed by atoms with Gasteiger partial charge in [0.2, 0.25) is 11.8 Å². The average Bonchev–Trinajstić information content (AvgIpc) is 3.00. The lowest BCUT2D eigenvalue weighted by Gasteiger charge is -2.04. The van der Waals surface area contributed by atoms with Crippen molar-refractivity contribution in [3.8, 4) is 0 Å². The van der Waals surface area contributed by atoms with E-state index >= 15 is 0 Å². The van der Waals surface area contributed by atoms with Gasteiger partial charge in [0.25, 0.3) is 0 Å². The quantitative estimate of drug-likeness (QED) is 0.834. The van der Waals surface area contributed by atoms with Crippen LogP contribution in [0.4, 0.5) is 5.69 Å². The molecular weight excluding hydrogens is 284 g/mol. The first kappa shape index (κ1) is 15.0. The standard InChI is InChI=1S/C16H16N2O2S/c1-17-16(20)10-12-2-5-14(6-3-12)18-15(19)7-4-13-8-9-21-11-13/h2-9,11H,10H2,1H3,(H,17,20)(H,18,19)/b7-4+. The third-order valence-electron chi connectivity index (χ3n) is 2.84. The highest BCUT2D eigenvalue weighted by atomic mass is 32.1. The molecule has 0 aliphatic rings. The molecule has 0 radical (unpaired) electrons. The van der Waals surface area contributed by atoms with Crippen LogP contribution in [0, 0.1) is 0 Å². The summed E-state index contributed by atoms with van der Waals surface area (Å²) in [6, 6.07) is 9.17. The van der Waals surface area contributed by atoms with Crippen molar-refractivity contribution in [2.45, 2.75) is 6.42 Å². The van der Waals surface area contributed by atoms with E-state index in [-0.39, 0.29) is 11.8 Å². The van der Waals surface area contributed by atoms with Crippen molar-refractivity contribution in [1.29, 1.82) is 0 Å². The summed E-state index contributed by atoms with van der Waals surface area (Å²) in [6.07, 6.45) is 3.61. The molecule has 2 amide bonds. The first-order valence-corrected chi connectivity index (χ1v) is 7.42. The summed E-state index contributed by atoms with van der Waals surface area (Å²) < 4.78 is 0. The summed E-state index contributed by atoms with van der Waals surface area (Å²) in [7, 11) is 1.61. The summed E-state index contributed by atoms with van der Waals surface area (Å²) >= 11 is 1.59. The smallest absolute Gasteiger partial charge is 0.248 e. The van der Waals surface area contributed by atoms with Crippen LogP contribution in [0.25, 0.3) is 6.08 Å². The maximum Gasteiger partial charge on any atom is 0.248 e. The third kappa shape index (κ3) is 4.89. The van der Waals surface area contributed by atoms with Crippen molar-refractivity contribution in [1.82, 2.24) is 5.32 Å². The largest absolute Gasteiger partial charge is 0.359 e. The average molecular weight is 300 g/mol. The Morgan fingerprint density at radius 3 is 2.57 bits per heavy atom. The van der Waals surface area contributed by atoms with Crippen LogP contribution in [0.1, 0.15) is 11.1 Å². The molecule has 0 unspecified atom stereocenters. The van der Waals surface area contributed by atoms with Gasteiger partial charge in [0, 0.05) is 18.8 Å². The number of hydrogen-bond acceptors (Lipinski definition) is 3. The van der Waals surface area contributed by atoms with E-state index < -0.39 is 0 Å². The van der Waals surface area contributed by atoms with Gasteiger partial charge in [0.15, 0.2) is 0 Å². The van der Waals surface area contributed by atoms with E-state index in [1.165, 1.54) is 6.08 Å². The van der Waals surface area contributed by atoms with E-state index in [1.54, 1.807) is 36.6 Å². The van der Waals surface area contributed by atoms with Gasteiger partial charge in [-0.05, 0) is 46.2 Å². The van der Waals surface area contributed by atoms with Crippen molar-refractivity contribution < 1.29 is 9.59 Å². The molecule has 4 nitrogen and oxygen atoms in total. The molecule has 2 aromatic rings. The number of carbonyl (C=O) groups is 2. The fourth-order valence-electron chi connectivity index (χ4n) is 1.71. The van der Waals surface area contributed by atoms with Crippen LogP contribution in [-0.2, 0) is 16.0 Å². The van der Waals surface area contributed by atoms with Crippen molar-refractivity contribution in [2.24, 2.45) is 0 Å². The van der Waals surface area contributed by atoms with E-state index in [0.29, 0.717) is 12.1 Å². The Hall–Kier alpha value is -2.40. The number of anilines is 1. The molecule has 0 aliphatic carbocycles. The molecule has 0 saturated carbocycles. The molecule has 1 aromatic carbocycles. The Balaban J connectivity index is 1.90. The monoisotopic (exact) mass is 300 g/mol. The Kier molecular flexibility index (Phi) is 5.29. The van der Waals surface area contributed by atoms with Gasteiger partial charge in [-0.3, -0.25) is 9.59 Å². The molecule has 5 heteroatoms. The molecule has 0 spiro atoms. The molecule has 1 aromatic heterocycles. The van der Waals surface area contributed by atoms with E-state index in [0.717, 1.165) is 11.1 Å². The van der Waals surface area contributed by atoms with Gasteiger partial charge in [-0.25, -0.2) is 0 Å². The normalized spacial score (nSPS) is 10.5. The molecule has 108 valence electrons. The number of likely N-dealkylation sites (N-methyl/N-ethyl adjacent to an activating group) is 1. The number of carbonyl (C=O) groups excluding carboxylic acids is 2. The SMILES string of the molecule is CNC(=O)Cc1ccc(NC(=O)/C=C/c2ccsc2)cc1. The van der Waals surface area contributed by atoms with Gasteiger partial charge < -0.3 is 10.6 Å². The number of rotatable bonds is 5. The van der Waals surface area contributed by atoms with E-state index in [1.807, 2.05) is 29.0 Å². The number of amides is 2. The molecule has 0 fully saturated rings. The minimum absolute atomic E-state index is 0.0366. The maximum atomic E-state index is 11.8. The summed E-state index contributed by atoms with van der Waals surface area (Å²) in [5.74, 6) is -0.217. The fraction of sp³-hybridized carbons (Fsp3) is 0.125. The Labute approximate surface area is 127 Å².